The largest absolute Gasteiger partial charge is 0.341 e. The van der Waals surface area contributed by atoms with Crippen molar-refractivity contribution in [3.63, 3.8) is 0 Å². The fourth-order valence-corrected chi connectivity index (χ4v) is 4.29. The minimum Gasteiger partial charge on any atom is -0.341 e. The number of likely N-dealkylation sites (tertiary alicyclic amines) is 2. The molecule has 4 nitrogen and oxygen atoms in total. The lowest BCUT2D eigenvalue weighted by Crippen LogP contribution is -2.50. The Kier molecular flexibility index (Phi) is 5.17. The van der Waals surface area contributed by atoms with Crippen molar-refractivity contribution in [2.45, 2.75) is 64.0 Å². The molecule has 120 valence electrons. The molecular formula is C17H31N3O. The van der Waals surface area contributed by atoms with Gasteiger partial charge in [0.1, 0.15) is 0 Å². The van der Waals surface area contributed by atoms with Crippen LogP contribution in [0, 0.1) is 5.92 Å². The average Bonchev–Trinajstić information content (AvgIpc) is 3.03. The zero-order valence-electron chi connectivity index (χ0n) is 13.5. The molecule has 0 saturated carbocycles. The highest BCUT2D eigenvalue weighted by molar-refractivity contribution is 5.82. The van der Waals surface area contributed by atoms with E-state index in [4.69, 9.17) is 0 Å². The number of amides is 1. The van der Waals surface area contributed by atoms with E-state index < -0.39 is 0 Å². The van der Waals surface area contributed by atoms with Crippen LogP contribution in [0.1, 0.15) is 51.9 Å². The molecule has 0 aromatic heterocycles. The highest BCUT2D eigenvalue weighted by atomic mass is 16.2. The minimum absolute atomic E-state index is 0.109. The topological polar surface area (TPSA) is 35.6 Å². The summed E-state index contributed by atoms with van der Waals surface area (Å²) in [6, 6.07) is 0.846. The molecule has 0 spiro atoms. The van der Waals surface area contributed by atoms with Crippen LogP contribution >= 0.6 is 0 Å². The van der Waals surface area contributed by atoms with E-state index in [1.807, 2.05) is 0 Å². The van der Waals surface area contributed by atoms with E-state index in [9.17, 15) is 4.79 Å². The predicted molar refractivity (Wildman–Crippen MR) is 85.2 cm³/mol. The van der Waals surface area contributed by atoms with Crippen LogP contribution in [0.2, 0.25) is 0 Å². The number of nitrogens with zero attached hydrogens (tertiary/aromatic N) is 2. The van der Waals surface area contributed by atoms with E-state index in [2.05, 4.69) is 22.0 Å². The van der Waals surface area contributed by atoms with Crippen molar-refractivity contribution < 1.29 is 4.79 Å². The van der Waals surface area contributed by atoms with Gasteiger partial charge < -0.3 is 15.1 Å². The lowest BCUT2D eigenvalue weighted by Gasteiger charge is -2.40. The number of hydrogen-bond donors (Lipinski definition) is 1. The average molecular weight is 293 g/mol. The first kappa shape index (κ1) is 15.3. The van der Waals surface area contributed by atoms with E-state index in [-0.39, 0.29) is 6.04 Å². The number of hydrogen-bond acceptors (Lipinski definition) is 3. The number of piperidine rings is 2. The van der Waals surface area contributed by atoms with Crippen molar-refractivity contribution in [2.75, 3.05) is 32.7 Å². The van der Waals surface area contributed by atoms with Crippen molar-refractivity contribution >= 4 is 5.91 Å². The predicted octanol–water partition coefficient (Wildman–Crippen LogP) is 1.85. The van der Waals surface area contributed by atoms with Crippen molar-refractivity contribution in [2.24, 2.45) is 5.92 Å². The van der Waals surface area contributed by atoms with Crippen LogP contribution < -0.4 is 5.32 Å². The molecule has 4 heteroatoms. The first-order valence-electron chi connectivity index (χ1n) is 9.00. The van der Waals surface area contributed by atoms with Crippen molar-refractivity contribution in [1.82, 2.24) is 15.1 Å². The Morgan fingerprint density at radius 3 is 2.76 bits per heavy atom. The van der Waals surface area contributed by atoms with Gasteiger partial charge in [-0.05, 0) is 64.5 Å². The lowest BCUT2D eigenvalue weighted by atomic mass is 9.94. The molecule has 0 unspecified atom stereocenters. The van der Waals surface area contributed by atoms with Crippen LogP contribution in [-0.4, -0.2) is 60.5 Å². The van der Waals surface area contributed by atoms with Gasteiger partial charge in [-0.3, -0.25) is 4.79 Å². The van der Waals surface area contributed by atoms with Gasteiger partial charge >= 0.3 is 0 Å². The van der Waals surface area contributed by atoms with Crippen molar-refractivity contribution in [3.8, 4) is 0 Å². The lowest BCUT2D eigenvalue weighted by molar-refractivity contribution is -0.135. The fraction of sp³-hybridized carbons (Fsp3) is 0.941. The summed E-state index contributed by atoms with van der Waals surface area (Å²) in [5.41, 5.74) is 0. The number of carbonyl (C=O) groups is 1. The standard InChI is InChI=1S/C17H31N3O/c1-14-6-2-3-10-19(14)12-15-7-5-11-20(13-15)17(21)16-8-4-9-18-16/h14-16,18H,2-13H2,1H3/t14-,15-,16+/m1/s1. The third-order valence-corrected chi connectivity index (χ3v) is 5.62. The highest BCUT2D eigenvalue weighted by Gasteiger charge is 2.31. The van der Waals surface area contributed by atoms with Gasteiger partial charge in [-0.2, -0.15) is 0 Å². The summed E-state index contributed by atoms with van der Waals surface area (Å²) >= 11 is 0. The van der Waals surface area contributed by atoms with Gasteiger partial charge in [0.15, 0.2) is 0 Å². The Morgan fingerprint density at radius 2 is 2.00 bits per heavy atom. The summed E-state index contributed by atoms with van der Waals surface area (Å²) in [5, 5.41) is 3.36. The molecule has 3 aliphatic rings. The van der Waals surface area contributed by atoms with Gasteiger partial charge in [0.25, 0.3) is 0 Å². The Morgan fingerprint density at radius 1 is 1.10 bits per heavy atom. The molecule has 1 amide bonds. The number of nitrogens with one attached hydrogen (secondary N) is 1. The van der Waals surface area contributed by atoms with E-state index in [1.165, 1.54) is 45.2 Å². The first-order chi connectivity index (χ1) is 10.2. The van der Waals surface area contributed by atoms with Crippen LogP contribution in [0.3, 0.4) is 0 Å². The molecule has 3 atom stereocenters. The van der Waals surface area contributed by atoms with Crippen LogP contribution in [0.4, 0.5) is 0 Å². The van der Waals surface area contributed by atoms with Gasteiger partial charge in [0, 0.05) is 25.7 Å². The second-order valence-corrected chi connectivity index (χ2v) is 7.28. The van der Waals surface area contributed by atoms with Crippen LogP contribution in [-0.2, 0) is 4.79 Å². The maximum atomic E-state index is 12.6. The van der Waals surface area contributed by atoms with Crippen LogP contribution in [0.15, 0.2) is 0 Å². The monoisotopic (exact) mass is 293 g/mol. The second-order valence-electron chi connectivity index (χ2n) is 7.28. The maximum absolute atomic E-state index is 12.6. The van der Waals surface area contributed by atoms with E-state index in [0.29, 0.717) is 11.8 Å². The maximum Gasteiger partial charge on any atom is 0.239 e. The molecule has 0 aliphatic carbocycles. The molecule has 3 rings (SSSR count). The van der Waals surface area contributed by atoms with Gasteiger partial charge in [-0.1, -0.05) is 6.42 Å². The Bertz CT molecular complexity index is 354. The first-order valence-corrected chi connectivity index (χ1v) is 9.00. The smallest absolute Gasteiger partial charge is 0.239 e. The number of carbonyl (C=O) groups excluding carboxylic acids is 1. The summed E-state index contributed by atoms with van der Waals surface area (Å²) in [6.45, 7) is 7.80. The fourth-order valence-electron chi connectivity index (χ4n) is 4.29. The molecule has 21 heavy (non-hydrogen) atoms. The number of rotatable bonds is 3. The molecule has 0 bridgehead atoms. The molecule has 0 radical (unpaired) electrons. The molecule has 3 heterocycles. The van der Waals surface area contributed by atoms with Crippen molar-refractivity contribution in [1.29, 1.82) is 0 Å². The molecule has 0 aromatic rings. The van der Waals surface area contributed by atoms with E-state index in [1.54, 1.807) is 0 Å². The minimum atomic E-state index is 0.109. The Balaban J connectivity index is 1.51. The van der Waals surface area contributed by atoms with E-state index >= 15 is 0 Å². The summed E-state index contributed by atoms with van der Waals surface area (Å²) in [5.74, 6) is 1.05. The molecule has 0 aromatic carbocycles. The third-order valence-electron chi connectivity index (χ3n) is 5.62. The van der Waals surface area contributed by atoms with Gasteiger partial charge in [0.05, 0.1) is 6.04 Å². The Hall–Kier alpha value is -0.610. The zero-order chi connectivity index (χ0) is 14.7. The van der Waals surface area contributed by atoms with Gasteiger partial charge in [-0.25, -0.2) is 0 Å². The zero-order valence-corrected chi connectivity index (χ0v) is 13.5. The Labute approximate surface area is 129 Å². The summed E-state index contributed by atoms with van der Waals surface area (Å²) in [7, 11) is 0. The van der Waals surface area contributed by atoms with Crippen LogP contribution in [0.5, 0.6) is 0 Å². The summed E-state index contributed by atoms with van der Waals surface area (Å²) < 4.78 is 0. The van der Waals surface area contributed by atoms with Crippen LogP contribution in [0.25, 0.3) is 0 Å². The van der Waals surface area contributed by atoms with Crippen molar-refractivity contribution in [3.05, 3.63) is 0 Å². The SMILES string of the molecule is C[C@@H]1CCCCN1C[C@H]1CCCN(C(=O)[C@@H]2CCCN2)C1. The molecular weight excluding hydrogens is 262 g/mol. The molecule has 3 fully saturated rings. The summed E-state index contributed by atoms with van der Waals surface area (Å²) in [6.07, 6.45) is 8.76. The second kappa shape index (κ2) is 7.10. The molecule has 3 saturated heterocycles. The highest BCUT2D eigenvalue weighted by Crippen LogP contribution is 2.23. The summed E-state index contributed by atoms with van der Waals surface area (Å²) in [4.78, 5) is 17.4. The molecule has 1 N–H and O–H groups in total. The normalized spacial score (nSPS) is 35.1. The quantitative estimate of drug-likeness (QED) is 0.862. The van der Waals surface area contributed by atoms with Gasteiger partial charge in [-0.15, -0.1) is 0 Å². The molecule has 3 aliphatic heterocycles. The third kappa shape index (κ3) is 3.78. The van der Waals surface area contributed by atoms with E-state index in [0.717, 1.165) is 38.5 Å². The van der Waals surface area contributed by atoms with Gasteiger partial charge in [0.2, 0.25) is 5.91 Å².